The highest BCUT2D eigenvalue weighted by atomic mass is 32.2. The van der Waals surface area contributed by atoms with Crippen molar-refractivity contribution in [2.75, 3.05) is 44.4 Å². The summed E-state index contributed by atoms with van der Waals surface area (Å²) in [6, 6.07) is 25.1. The van der Waals surface area contributed by atoms with Crippen LogP contribution in [0.15, 0.2) is 95.9 Å². The van der Waals surface area contributed by atoms with Crippen molar-refractivity contribution in [2.24, 2.45) is 0 Å². The second kappa shape index (κ2) is 16.3. The number of carbonyl (C=O) groups excluding carboxylic acids is 2. The Hall–Kier alpha value is -5.11. The van der Waals surface area contributed by atoms with Gasteiger partial charge in [-0.1, -0.05) is 72.3 Å². The number of anilines is 2. The lowest BCUT2D eigenvalue weighted by molar-refractivity contribution is -0.120. The lowest BCUT2D eigenvalue weighted by Crippen LogP contribution is -2.43. The zero-order valence-electron chi connectivity index (χ0n) is 27.5. The van der Waals surface area contributed by atoms with Crippen LogP contribution in [0.1, 0.15) is 24.0 Å². The van der Waals surface area contributed by atoms with Crippen LogP contribution in [-0.4, -0.2) is 65.7 Å². The number of methoxy groups -OCH3 is 2. The number of hydrogen-bond donors (Lipinski definition) is 2. The molecule has 13 heteroatoms. The summed E-state index contributed by atoms with van der Waals surface area (Å²) in [5.74, 6) is 0.00709. The molecular weight excluding hydrogens is 650 g/mol. The first-order chi connectivity index (χ1) is 23.7. The number of para-hydroxylation sites is 2. The van der Waals surface area contributed by atoms with Gasteiger partial charge in [-0.05, 0) is 49.6 Å². The smallest absolute Gasteiger partial charge is 0.410 e. The Balaban J connectivity index is 1.44. The molecule has 49 heavy (non-hydrogen) atoms. The van der Waals surface area contributed by atoms with Gasteiger partial charge in [0.05, 0.1) is 16.3 Å². The van der Waals surface area contributed by atoms with Crippen LogP contribution in [0.2, 0.25) is 0 Å². The van der Waals surface area contributed by atoms with Crippen molar-refractivity contribution in [1.82, 2.24) is 4.90 Å². The van der Waals surface area contributed by atoms with Crippen LogP contribution >= 0.6 is 0 Å². The average Bonchev–Trinajstić information content (AvgIpc) is 3.60. The van der Waals surface area contributed by atoms with E-state index in [0.29, 0.717) is 36.2 Å². The largest absolute Gasteiger partial charge is 0.465 e. The van der Waals surface area contributed by atoms with Crippen LogP contribution in [0.5, 0.6) is 11.5 Å². The highest BCUT2D eigenvalue weighted by molar-refractivity contribution is 7.92. The standard InChI is InChI=1S/C36H39N3O9S/c1-25-17-19-27(20-18-25)49(42,43)38-31-15-8-13-29(34(31)48-24-45-3)28-12-7-14-30(33(28)47-23-44-2)37-35(40)32-16-9-21-39(32)36(41)46-22-26-10-5-4-6-11-26/h4-8,10-15,17-20,32,38H,9,16,21-24H2,1-3H3,(H,37,40). The predicted molar refractivity (Wildman–Crippen MR) is 184 cm³/mol. The van der Waals surface area contributed by atoms with Gasteiger partial charge in [0, 0.05) is 31.9 Å². The maximum atomic E-state index is 13.7. The fourth-order valence-corrected chi connectivity index (χ4v) is 6.48. The summed E-state index contributed by atoms with van der Waals surface area (Å²) in [5, 5.41) is 2.93. The number of sulfonamides is 1. The van der Waals surface area contributed by atoms with Crippen LogP contribution in [0, 0.1) is 6.92 Å². The van der Waals surface area contributed by atoms with E-state index in [1.54, 1.807) is 48.5 Å². The first-order valence-electron chi connectivity index (χ1n) is 15.6. The molecule has 1 aliphatic rings. The van der Waals surface area contributed by atoms with Crippen LogP contribution in [0.4, 0.5) is 16.2 Å². The number of rotatable bonds is 14. The van der Waals surface area contributed by atoms with Crippen molar-refractivity contribution in [3.8, 4) is 22.6 Å². The number of ether oxygens (including phenoxy) is 5. The molecule has 0 spiro atoms. The van der Waals surface area contributed by atoms with Gasteiger partial charge in [0.15, 0.2) is 25.1 Å². The maximum absolute atomic E-state index is 13.7. The number of benzene rings is 4. The Morgan fingerprint density at radius 2 is 1.41 bits per heavy atom. The molecule has 258 valence electrons. The normalized spacial score (nSPS) is 14.3. The van der Waals surface area contributed by atoms with E-state index in [-0.39, 0.29) is 42.3 Å². The molecule has 1 heterocycles. The van der Waals surface area contributed by atoms with Gasteiger partial charge >= 0.3 is 6.09 Å². The molecule has 0 bridgehead atoms. The molecule has 2 N–H and O–H groups in total. The van der Waals surface area contributed by atoms with Gasteiger partial charge in [-0.3, -0.25) is 14.4 Å². The minimum absolute atomic E-state index is 0.0833. The molecule has 2 amide bonds. The number of nitrogens with zero attached hydrogens (tertiary/aromatic N) is 1. The topological polar surface area (TPSA) is 142 Å². The van der Waals surface area contributed by atoms with E-state index in [1.165, 1.54) is 31.3 Å². The quantitative estimate of drug-likeness (QED) is 0.149. The fraction of sp³-hybridized carbons (Fsp3) is 0.278. The molecule has 1 aliphatic heterocycles. The summed E-state index contributed by atoms with van der Waals surface area (Å²) in [6.07, 6.45) is 0.520. The Bertz CT molecular complexity index is 1850. The fourth-order valence-electron chi connectivity index (χ4n) is 5.42. The number of nitrogens with one attached hydrogen (secondary N) is 2. The molecule has 1 unspecified atom stereocenters. The zero-order chi connectivity index (χ0) is 34.8. The molecule has 1 atom stereocenters. The molecule has 12 nitrogen and oxygen atoms in total. The molecule has 4 aromatic rings. The second-order valence-electron chi connectivity index (χ2n) is 11.3. The van der Waals surface area contributed by atoms with Crippen molar-refractivity contribution in [3.05, 3.63) is 102 Å². The Labute approximate surface area is 285 Å². The van der Waals surface area contributed by atoms with Crippen LogP contribution in [0.3, 0.4) is 0 Å². The van der Waals surface area contributed by atoms with Gasteiger partial charge in [-0.25, -0.2) is 13.2 Å². The molecule has 0 saturated carbocycles. The Morgan fingerprint density at radius 1 is 0.796 bits per heavy atom. The van der Waals surface area contributed by atoms with Gasteiger partial charge in [-0.15, -0.1) is 0 Å². The molecule has 1 fully saturated rings. The summed E-state index contributed by atoms with van der Waals surface area (Å²) in [4.78, 5) is 28.2. The number of amides is 2. The van der Waals surface area contributed by atoms with Crippen LogP contribution in [-0.2, 0) is 35.6 Å². The van der Waals surface area contributed by atoms with Crippen LogP contribution in [0.25, 0.3) is 11.1 Å². The monoisotopic (exact) mass is 689 g/mol. The van der Waals surface area contributed by atoms with Crippen molar-refractivity contribution in [2.45, 2.75) is 37.3 Å². The third kappa shape index (κ3) is 8.68. The van der Waals surface area contributed by atoms with Crippen LogP contribution < -0.4 is 19.5 Å². The number of hydrogen-bond acceptors (Lipinski definition) is 9. The zero-order valence-corrected chi connectivity index (χ0v) is 28.3. The van der Waals surface area contributed by atoms with Crippen molar-refractivity contribution >= 4 is 33.4 Å². The Kier molecular flexibility index (Phi) is 11.7. The van der Waals surface area contributed by atoms with Gasteiger partial charge < -0.3 is 29.0 Å². The first-order valence-corrected chi connectivity index (χ1v) is 17.1. The molecule has 0 aromatic heterocycles. The third-order valence-corrected chi connectivity index (χ3v) is 9.17. The third-order valence-electron chi connectivity index (χ3n) is 7.79. The van der Waals surface area contributed by atoms with Gasteiger partial charge in [-0.2, -0.15) is 0 Å². The van der Waals surface area contributed by atoms with E-state index in [9.17, 15) is 18.0 Å². The molecule has 5 rings (SSSR count). The summed E-state index contributed by atoms with van der Waals surface area (Å²) in [6.45, 7) is 2.00. The average molecular weight is 690 g/mol. The van der Waals surface area contributed by atoms with Crippen molar-refractivity contribution in [1.29, 1.82) is 0 Å². The van der Waals surface area contributed by atoms with E-state index in [4.69, 9.17) is 23.7 Å². The summed E-state index contributed by atoms with van der Waals surface area (Å²) in [7, 11) is -1.07. The Morgan fingerprint density at radius 3 is 2.04 bits per heavy atom. The van der Waals surface area contributed by atoms with Crippen molar-refractivity contribution in [3.63, 3.8) is 0 Å². The van der Waals surface area contributed by atoms with Gasteiger partial charge in [0.25, 0.3) is 10.0 Å². The van der Waals surface area contributed by atoms with Gasteiger partial charge in [0.2, 0.25) is 5.91 Å². The number of likely N-dealkylation sites (tertiary alicyclic amines) is 1. The minimum Gasteiger partial charge on any atom is -0.465 e. The summed E-state index contributed by atoms with van der Waals surface area (Å²) in [5.41, 5.74) is 3.17. The second-order valence-corrected chi connectivity index (χ2v) is 12.9. The van der Waals surface area contributed by atoms with E-state index in [1.807, 2.05) is 37.3 Å². The molecule has 0 aliphatic carbocycles. The molecule has 4 aromatic carbocycles. The van der Waals surface area contributed by atoms with E-state index >= 15 is 0 Å². The lowest BCUT2D eigenvalue weighted by atomic mass is 10.0. The molecule has 1 saturated heterocycles. The number of carbonyl (C=O) groups is 2. The minimum atomic E-state index is -3.99. The molecule has 0 radical (unpaired) electrons. The molecular formula is C36H39N3O9S. The maximum Gasteiger partial charge on any atom is 0.410 e. The summed E-state index contributed by atoms with van der Waals surface area (Å²) >= 11 is 0. The predicted octanol–water partition coefficient (Wildman–Crippen LogP) is 6.17. The lowest BCUT2D eigenvalue weighted by Gasteiger charge is -2.24. The van der Waals surface area contributed by atoms with E-state index in [0.717, 1.165) is 11.1 Å². The SMILES string of the molecule is COCOc1c(NC(=O)C2CCCN2C(=O)OCc2ccccc2)cccc1-c1cccc(NS(=O)(=O)c2ccc(C)cc2)c1OCOC. The summed E-state index contributed by atoms with van der Waals surface area (Å²) < 4.78 is 57.2. The van der Waals surface area contributed by atoms with E-state index < -0.39 is 28.1 Å². The number of aryl methyl sites for hydroxylation is 1. The highest BCUT2D eigenvalue weighted by Crippen LogP contribution is 2.44. The first kappa shape index (κ1) is 35.2. The van der Waals surface area contributed by atoms with E-state index in [2.05, 4.69) is 10.0 Å². The van der Waals surface area contributed by atoms with Crippen molar-refractivity contribution < 1.29 is 41.7 Å². The van der Waals surface area contributed by atoms with Gasteiger partial charge in [0.1, 0.15) is 12.6 Å². The highest BCUT2D eigenvalue weighted by Gasteiger charge is 2.36.